The van der Waals surface area contributed by atoms with Crippen molar-refractivity contribution in [2.75, 3.05) is 12.3 Å². The molecule has 0 spiro atoms. The molecule has 1 N–H and O–H groups in total. The summed E-state index contributed by atoms with van der Waals surface area (Å²) in [7, 11) is -0.995. The van der Waals surface area contributed by atoms with Gasteiger partial charge in [0.1, 0.15) is 0 Å². The topological polar surface area (TPSA) is 49.4 Å². The van der Waals surface area contributed by atoms with E-state index in [4.69, 9.17) is 0 Å². The zero-order valence-corrected chi connectivity index (χ0v) is 20.9. The number of likely N-dealkylation sites (tertiary alicyclic amines) is 1. The lowest BCUT2D eigenvalue weighted by Gasteiger charge is -2.25. The van der Waals surface area contributed by atoms with Crippen LogP contribution in [0.1, 0.15) is 58.4 Å². The van der Waals surface area contributed by atoms with Crippen LogP contribution in [0.4, 0.5) is 13.2 Å². The maximum atomic E-state index is 12.8. The Bertz CT molecular complexity index is 1190. The summed E-state index contributed by atoms with van der Waals surface area (Å²) in [5.74, 6) is 0.399. The van der Waals surface area contributed by atoms with Crippen LogP contribution < -0.4 is 5.32 Å². The molecule has 1 heterocycles. The molecule has 2 unspecified atom stereocenters. The third kappa shape index (κ3) is 6.42. The van der Waals surface area contributed by atoms with E-state index in [1.54, 1.807) is 12.1 Å². The molecule has 0 aliphatic carbocycles. The standard InChI is InChI=1S/C28H29F3N2O2S/c1-2-36(35)25-15-7-20(8-16-25)18-32-27(34)23-11-9-22(10-12-23)26-4-3-17-33(26)19-21-5-13-24(14-6-21)28(29,30)31/h5-16,26H,2-4,17-19H2,1H3,(H,32,34). The van der Waals surface area contributed by atoms with Crippen molar-refractivity contribution in [2.24, 2.45) is 0 Å². The number of alkyl halides is 3. The van der Waals surface area contributed by atoms with E-state index < -0.39 is 22.5 Å². The van der Waals surface area contributed by atoms with E-state index >= 15 is 0 Å². The number of halogens is 3. The second-order valence-electron chi connectivity index (χ2n) is 8.91. The maximum Gasteiger partial charge on any atom is 0.416 e. The minimum Gasteiger partial charge on any atom is -0.348 e. The number of carbonyl (C=O) groups is 1. The van der Waals surface area contributed by atoms with Crippen molar-refractivity contribution in [1.29, 1.82) is 0 Å². The lowest BCUT2D eigenvalue weighted by Crippen LogP contribution is -2.24. The first kappa shape index (κ1) is 26.1. The Hall–Kier alpha value is -2.97. The van der Waals surface area contributed by atoms with E-state index in [1.807, 2.05) is 55.5 Å². The zero-order valence-electron chi connectivity index (χ0n) is 20.1. The van der Waals surface area contributed by atoms with E-state index in [0.29, 0.717) is 24.4 Å². The molecule has 3 aromatic rings. The summed E-state index contributed by atoms with van der Waals surface area (Å²) in [5.41, 5.74) is 2.80. The van der Waals surface area contributed by atoms with Gasteiger partial charge in [0.2, 0.25) is 0 Å². The third-order valence-electron chi connectivity index (χ3n) is 6.49. The molecule has 190 valence electrons. The summed E-state index contributed by atoms with van der Waals surface area (Å²) >= 11 is 0. The highest BCUT2D eigenvalue weighted by Gasteiger charge is 2.30. The van der Waals surface area contributed by atoms with Crippen molar-refractivity contribution in [3.8, 4) is 0 Å². The third-order valence-corrected chi connectivity index (χ3v) is 7.81. The molecule has 8 heteroatoms. The van der Waals surface area contributed by atoms with Gasteiger partial charge < -0.3 is 5.32 Å². The van der Waals surface area contributed by atoms with Gasteiger partial charge in [-0.3, -0.25) is 13.9 Å². The number of benzene rings is 3. The van der Waals surface area contributed by atoms with E-state index in [2.05, 4.69) is 10.2 Å². The highest BCUT2D eigenvalue weighted by molar-refractivity contribution is 7.85. The van der Waals surface area contributed by atoms with Crippen LogP contribution in [0.5, 0.6) is 0 Å². The first-order valence-corrected chi connectivity index (χ1v) is 13.3. The van der Waals surface area contributed by atoms with Crippen molar-refractivity contribution in [2.45, 2.75) is 50.0 Å². The lowest BCUT2D eigenvalue weighted by atomic mass is 10.0. The van der Waals surface area contributed by atoms with Crippen LogP contribution in [-0.4, -0.2) is 27.3 Å². The average Bonchev–Trinajstić information content (AvgIpc) is 3.35. The van der Waals surface area contributed by atoms with Gasteiger partial charge in [0.25, 0.3) is 5.91 Å². The SMILES string of the molecule is CCS(=O)c1ccc(CNC(=O)c2ccc(C3CCCN3Cc3ccc(C(F)(F)F)cc3)cc2)cc1. The van der Waals surface area contributed by atoms with E-state index in [1.165, 1.54) is 0 Å². The quantitative estimate of drug-likeness (QED) is 0.395. The number of hydrogen-bond acceptors (Lipinski definition) is 3. The minimum atomic E-state index is -4.33. The Balaban J connectivity index is 1.34. The van der Waals surface area contributed by atoms with Gasteiger partial charge in [-0.1, -0.05) is 43.3 Å². The molecule has 0 radical (unpaired) electrons. The molecule has 4 nitrogen and oxygen atoms in total. The van der Waals surface area contributed by atoms with Crippen LogP contribution in [0.25, 0.3) is 0 Å². The molecule has 1 saturated heterocycles. The van der Waals surface area contributed by atoms with Gasteiger partial charge in [-0.15, -0.1) is 0 Å². The molecule has 2 atom stereocenters. The van der Waals surface area contributed by atoms with Crippen molar-refractivity contribution in [1.82, 2.24) is 10.2 Å². The molecule has 0 bridgehead atoms. The van der Waals surface area contributed by atoms with Crippen LogP contribution >= 0.6 is 0 Å². The summed E-state index contributed by atoms with van der Waals surface area (Å²) in [6.07, 6.45) is -2.35. The fourth-order valence-corrected chi connectivity index (χ4v) is 5.27. The first-order valence-electron chi connectivity index (χ1n) is 12.0. The summed E-state index contributed by atoms with van der Waals surface area (Å²) in [6, 6.07) is 20.5. The molecule has 1 aliphatic heterocycles. The fourth-order valence-electron chi connectivity index (χ4n) is 4.49. The number of nitrogens with zero attached hydrogens (tertiary/aromatic N) is 1. The highest BCUT2D eigenvalue weighted by Crippen LogP contribution is 2.34. The Kier molecular flexibility index (Phi) is 8.26. The first-order chi connectivity index (χ1) is 17.2. The van der Waals surface area contributed by atoms with Gasteiger partial charge in [0.05, 0.1) is 16.4 Å². The highest BCUT2D eigenvalue weighted by atomic mass is 32.2. The summed E-state index contributed by atoms with van der Waals surface area (Å²) in [5, 5.41) is 2.92. The molecule has 1 amide bonds. The number of nitrogens with one attached hydrogen (secondary N) is 1. The maximum absolute atomic E-state index is 12.8. The fraction of sp³-hybridized carbons (Fsp3) is 0.321. The Labute approximate surface area is 212 Å². The molecule has 3 aromatic carbocycles. The largest absolute Gasteiger partial charge is 0.416 e. The van der Waals surface area contributed by atoms with Gasteiger partial charge >= 0.3 is 6.18 Å². The number of rotatable bonds is 8. The Morgan fingerprint density at radius 1 is 0.972 bits per heavy atom. The lowest BCUT2D eigenvalue weighted by molar-refractivity contribution is -0.137. The second kappa shape index (κ2) is 11.4. The van der Waals surface area contributed by atoms with E-state index in [0.717, 1.165) is 53.1 Å². The van der Waals surface area contributed by atoms with Crippen molar-refractivity contribution >= 4 is 16.7 Å². The number of hydrogen-bond donors (Lipinski definition) is 1. The van der Waals surface area contributed by atoms with Crippen LogP contribution in [0, 0.1) is 0 Å². The van der Waals surface area contributed by atoms with Gasteiger partial charge in [-0.25, -0.2) is 0 Å². The molecular weight excluding hydrogens is 485 g/mol. The minimum absolute atomic E-state index is 0.164. The van der Waals surface area contributed by atoms with Crippen LogP contribution in [0.15, 0.2) is 77.7 Å². The van der Waals surface area contributed by atoms with Crippen LogP contribution in [-0.2, 0) is 30.1 Å². The van der Waals surface area contributed by atoms with Gasteiger partial charge in [-0.05, 0) is 72.5 Å². The summed E-state index contributed by atoms with van der Waals surface area (Å²) < 4.78 is 50.4. The molecule has 1 fully saturated rings. The van der Waals surface area contributed by atoms with Gasteiger partial charge in [0.15, 0.2) is 0 Å². The Morgan fingerprint density at radius 2 is 1.61 bits per heavy atom. The monoisotopic (exact) mass is 514 g/mol. The van der Waals surface area contributed by atoms with E-state index in [9.17, 15) is 22.2 Å². The van der Waals surface area contributed by atoms with Crippen LogP contribution in [0.3, 0.4) is 0 Å². The molecule has 36 heavy (non-hydrogen) atoms. The van der Waals surface area contributed by atoms with E-state index in [-0.39, 0.29) is 11.9 Å². The van der Waals surface area contributed by atoms with Gasteiger partial charge in [-0.2, -0.15) is 13.2 Å². The molecule has 0 saturated carbocycles. The number of amides is 1. The predicted octanol–water partition coefficient (Wildman–Crippen LogP) is 6.10. The molecule has 1 aliphatic rings. The Morgan fingerprint density at radius 3 is 2.22 bits per heavy atom. The molecular formula is C28H29F3N2O2S. The second-order valence-corrected chi connectivity index (χ2v) is 10.6. The van der Waals surface area contributed by atoms with Crippen molar-refractivity contribution in [3.63, 3.8) is 0 Å². The summed E-state index contributed by atoms with van der Waals surface area (Å²) in [4.78, 5) is 15.7. The van der Waals surface area contributed by atoms with Crippen molar-refractivity contribution < 1.29 is 22.2 Å². The predicted molar refractivity (Wildman–Crippen MR) is 135 cm³/mol. The average molecular weight is 515 g/mol. The smallest absolute Gasteiger partial charge is 0.348 e. The summed E-state index contributed by atoms with van der Waals surface area (Å²) in [6.45, 7) is 3.70. The number of carbonyl (C=O) groups excluding carboxylic acids is 1. The van der Waals surface area contributed by atoms with Gasteiger partial charge in [0, 0.05) is 35.3 Å². The van der Waals surface area contributed by atoms with Crippen LogP contribution in [0.2, 0.25) is 0 Å². The van der Waals surface area contributed by atoms with Crippen molar-refractivity contribution in [3.05, 3.63) is 101 Å². The molecule has 4 rings (SSSR count). The zero-order chi connectivity index (χ0) is 25.7. The normalized spacial score (nSPS) is 17.2. The molecule has 0 aromatic heterocycles.